The molecular formula is C11H14N2O6. The lowest BCUT2D eigenvalue weighted by Gasteiger charge is -2.03. The second-order valence-electron chi connectivity index (χ2n) is 3.37. The summed E-state index contributed by atoms with van der Waals surface area (Å²) in [7, 11) is 2.27. The standard InChI is InChI=1S/C11H14N2O6/c1-4-19-9(14)5-6(12)8(11(16)18-3)13-7(5)10(15)17-2/h13H,4,12H2,1-3H3. The molecule has 0 saturated carbocycles. The quantitative estimate of drug-likeness (QED) is 0.598. The minimum Gasteiger partial charge on any atom is -0.464 e. The number of methoxy groups -OCH3 is 2. The van der Waals surface area contributed by atoms with Gasteiger partial charge in [-0.25, -0.2) is 14.4 Å². The number of carbonyl (C=O) groups is 3. The van der Waals surface area contributed by atoms with Gasteiger partial charge in [0.25, 0.3) is 0 Å². The zero-order valence-electron chi connectivity index (χ0n) is 10.7. The predicted octanol–water partition coefficient (Wildman–Crippen LogP) is 0.347. The molecule has 0 bridgehead atoms. The number of nitrogen functional groups attached to an aromatic ring is 1. The summed E-state index contributed by atoms with van der Waals surface area (Å²) < 4.78 is 13.8. The maximum absolute atomic E-state index is 11.7. The minimum absolute atomic E-state index is 0.0949. The highest BCUT2D eigenvalue weighted by atomic mass is 16.5. The molecule has 0 aliphatic carbocycles. The molecule has 8 heteroatoms. The molecule has 0 aromatic carbocycles. The number of nitrogens with two attached hydrogens (primary N) is 1. The second-order valence-corrected chi connectivity index (χ2v) is 3.37. The number of anilines is 1. The lowest BCUT2D eigenvalue weighted by atomic mass is 10.2. The number of ether oxygens (including phenoxy) is 3. The van der Waals surface area contributed by atoms with Gasteiger partial charge in [-0.15, -0.1) is 0 Å². The molecule has 8 nitrogen and oxygen atoms in total. The summed E-state index contributed by atoms with van der Waals surface area (Å²) in [5.41, 5.74) is 4.75. The SMILES string of the molecule is CCOC(=O)c1c(C(=O)OC)[nH]c(C(=O)OC)c1N. The number of esters is 3. The molecule has 0 radical (unpaired) electrons. The van der Waals surface area contributed by atoms with Gasteiger partial charge >= 0.3 is 17.9 Å². The van der Waals surface area contributed by atoms with E-state index < -0.39 is 17.9 Å². The Kier molecular flexibility index (Phi) is 4.51. The summed E-state index contributed by atoms with van der Waals surface area (Å²) in [6.07, 6.45) is 0. The van der Waals surface area contributed by atoms with E-state index in [1.165, 1.54) is 0 Å². The van der Waals surface area contributed by atoms with Gasteiger partial charge in [-0.1, -0.05) is 0 Å². The highest BCUT2D eigenvalue weighted by Gasteiger charge is 2.30. The molecule has 0 amide bonds. The maximum atomic E-state index is 11.7. The van der Waals surface area contributed by atoms with Crippen LogP contribution in [0.4, 0.5) is 5.69 Å². The van der Waals surface area contributed by atoms with E-state index in [9.17, 15) is 14.4 Å². The molecule has 0 saturated heterocycles. The zero-order chi connectivity index (χ0) is 14.6. The summed E-state index contributed by atoms with van der Waals surface area (Å²) >= 11 is 0. The van der Waals surface area contributed by atoms with Crippen LogP contribution in [0.1, 0.15) is 38.3 Å². The van der Waals surface area contributed by atoms with Crippen molar-refractivity contribution in [3.63, 3.8) is 0 Å². The van der Waals surface area contributed by atoms with Crippen molar-refractivity contribution in [2.24, 2.45) is 0 Å². The van der Waals surface area contributed by atoms with Crippen LogP contribution in [0.5, 0.6) is 0 Å². The fraction of sp³-hybridized carbons (Fsp3) is 0.364. The molecular weight excluding hydrogens is 256 g/mol. The van der Waals surface area contributed by atoms with Crippen molar-refractivity contribution in [3.05, 3.63) is 17.0 Å². The first-order chi connectivity index (χ1) is 8.97. The van der Waals surface area contributed by atoms with Crippen molar-refractivity contribution < 1.29 is 28.6 Å². The highest BCUT2D eigenvalue weighted by molar-refractivity contribution is 6.10. The molecule has 1 heterocycles. The van der Waals surface area contributed by atoms with Crippen LogP contribution >= 0.6 is 0 Å². The molecule has 3 N–H and O–H groups in total. The summed E-state index contributed by atoms with van der Waals surface area (Å²) in [6.45, 7) is 1.69. The number of hydrogen-bond donors (Lipinski definition) is 2. The Morgan fingerprint density at radius 3 is 2.05 bits per heavy atom. The summed E-state index contributed by atoms with van der Waals surface area (Å²) in [5, 5.41) is 0. The van der Waals surface area contributed by atoms with E-state index in [1.54, 1.807) is 6.92 Å². The summed E-state index contributed by atoms with van der Waals surface area (Å²) in [5.74, 6) is -2.48. The first kappa shape index (κ1) is 14.6. The van der Waals surface area contributed by atoms with Crippen molar-refractivity contribution >= 4 is 23.6 Å². The third-order valence-electron chi connectivity index (χ3n) is 2.30. The molecule has 0 atom stereocenters. The van der Waals surface area contributed by atoms with E-state index in [2.05, 4.69) is 14.5 Å². The first-order valence-corrected chi connectivity index (χ1v) is 5.33. The van der Waals surface area contributed by atoms with E-state index in [4.69, 9.17) is 10.5 Å². The fourth-order valence-electron chi connectivity index (χ4n) is 1.45. The van der Waals surface area contributed by atoms with Gasteiger partial charge < -0.3 is 24.9 Å². The Balaban J connectivity index is 3.40. The number of aromatic nitrogens is 1. The Bertz CT molecular complexity index is 520. The molecule has 19 heavy (non-hydrogen) atoms. The second kappa shape index (κ2) is 5.89. The molecule has 1 rings (SSSR count). The molecule has 1 aromatic rings. The smallest absolute Gasteiger partial charge is 0.356 e. The number of nitrogens with one attached hydrogen (secondary N) is 1. The monoisotopic (exact) mass is 270 g/mol. The van der Waals surface area contributed by atoms with Crippen LogP contribution in [0, 0.1) is 0 Å². The third-order valence-corrected chi connectivity index (χ3v) is 2.30. The number of hydrogen-bond acceptors (Lipinski definition) is 7. The van der Waals surface area contributed by atoms with Gasteiger partial charge in [0, 0.05) is 0 Å². The summed E-state index contributed by atoms with van der Waals surface area (Å²) in [6, 6.07) is 0. The van der Waals surface area contributed by atoms with Gasteiger partial charge in [-0.2, -0.15) is 0 Å². The summed E-state index contributed by atoms with van der Waals surface area (Å²) in [4.78, 5) is 37.2. The van der Waals surface area contributed by atoms with Crippen molar-refractivity contribution in [2.45, 2.75) is 6.92 Å². The predicted molar refractivity (Wildman–Crippen MR) is 63.8 cm³/mol. The molecule has 0 fully saturated rings. The van der Waals surface area contributed by atoms with E-state index >= 15 is 0 Å². The maximum Gasteiger partial charge on any atom is 0.356 e. The molecule has 0 aliphatic rings. The number of carbonyl (C=O) groups excluding carboxylic acids is 3. The largest absolute Gasteiger partial charge is 0.464 e. The Morgan fingerprint density at radius 2 is 1.58 bits per heavy atom. The average Bonchev–Trinajstić information content (AvgIpc) is 2.75. The number of aromatic amines is 1. The van der Waals surface area contributed by atoms with Crippen LogP contribution in [0.15, 0.2) is 0 Å². The highest BCUT2D eigenvalue weighted by Crippen LogP contribution is 2.24. The van der Waals surface area contributed by atoms with Crippen LogP contribution in [-0.4, -0.2) is 43.7 Å². The minimum atomic E-state index is -0.843. The van der Waals surface area contributed by atoms with E-state index in [0.717, 1.165) is 14.2 Å². The lowest BCUT2D eigenvalue weighted by molar-refractivity contribution is 0.0503. The normalized spacial score (nSPS) is 9.84. The number of rotatable bonds is 4. The van der Waals surface area contributed by atoms with Gasteiger partial charge in [0.05, 0.1) is 26.5 Å². The molecule has 0 aliphatic heterocycles. The molecule has 1 aromatic heterocycles. The Labute approximate surface area is 108 Å². The lowest BCUT2D eigenvalue weighted by Crippen LogP contribution is -2.13. The third kappa shape index (κ3) is 2.67. The van der Waals surface area contributed by atoms with Crippen molar-refractivity contribution in [1.82, 2.24) is 4.98 Å². The van der Waals surface area contributed by atoms with Gasteiger partial charge in [0.2, 0.25) is 0 Å². The topological polar surface area (TPSA) is 121 Å². The average molecular weight is 270 g/mol. The molecule has 104 valence electrons. The Hall–Kier alpha value is -2.51. The van der Waals surface area contributed by atoms with Crippen LogP contribution in [0.2, 0.25) is 0 Å². The molecule has 0 unspecified atom stereocenters. The van der Waals surface area contributed by atoms with Crippen LogP contribution in [0.3, 0.4) is 0 Å². The van der Waals surface area contributed by atoms with E-state index in [-0.39, 0.29) is 29.2 Å². The number of H-pyrrole nitrogens is 1. The first-order valence-electron chi connectivity index (χ1n) is 5.33. The van der Waals surface area contributed by atoms with Gasteiger partial charge in [0.15, 0.2) is 0 Å². The zero-order valence-corrected chi connectivity index (χ0v) is 10.7. The molecule has 0 spiro atoms. The van der Waals surface area contributed by atoms with Crippen molar-refractivity contribution in [2.75, 3.05) is 26.6 Å². The van der Waals surface area contributed by atoms with Gasteiger partial charge in [0.1, 0.15) is 17.0 Å². The van der Waals surface area contributed by atoms with E-state index in [0.29, 0.717) is 0 Å². The van der Waals surface area contributed by atoms with Gasteiger partial charge in [-0.3, -0.25) is 0 Å². The van der Waals surface area contributed by atoms with Gasteiger partial charge in [-0.05, 0) is 6.92 Å². The van der Waals surface area contributed by atoms with Crippen LogP contribution < -0.4 is 5.73 Å². The Morgan fingerprint density at radius 1 is 1.05 bits per heavy atom. The van der Waals surface area contributed by atoms with Crippen molar-refractivity contribution in [1.29, 1.82) is 0 Å². The van der Waals surface area contributed by atoms with Crippen LogP contribution in [-0.2, 0) is 14.2 Å². The fourth-order valence-corrected chi connectivity index (χ4v) is 1.45. The van der Waals surface area contributed by atoms with Crippen LogP contribution in [0.25, 0.3) is 0 Å². The van der Waals surface area contributed by atoms with E-state index in [1.807, 2.05) is 0 Å². The van der Waals surface area contributed by atoms with Crippen molar-refractivity contribution in [3.8, 4) is 0 Å².